The van der Waals surface area contributed by atoms with Crippen LogP contribution < -0.4 is 10.6 Å². The van der Waals surface area contributed by atoms with Crippen LogP contribution >= 0.6 is 0 Å². The summed E-state index contributed by atoms with van der Waals surface area (Å²) in [4.78, 5) is 45.6. The highest BCUT2D eigenvalue weighted by Gasteiger charge is 2.37. The summed E-state index contributed by atoms with van der Waals surface area (Å²) in [7, 11) is 0. The number of carbonyl (C=O) groups excluding carboxylic acids is 3. The van der Waals surface area contributed by atoms with Crippen LogP contribution in [0.1, 0.15) is 55.3 Å². The van der Waals surface area contributed by atoms with Crippen molar-refractivity contribution in [1.29, 1.82) is 0 Å². The molecule has 2 aromatic carbocycles. The Morgan fingerprint density at radius 1 is 1.12 bits per heavy atom. The fourth-order valence-electron chi connectivity index (χ4n) is 4.99. The molecule has 2 N–H and O–H groups in total. The molecule has 8 nitrogen and oxygen atoms in total. The molecular weight excluding hydrogens is 430 g/mol. The summed E-state index contributed by atoms with van der Waals surface area (Å²) in [5.74, 6) is 0.422. The Morgan fingerprint density at radius 2 is 1.88 bits per heavy atom. The van der Waals surface area contributed by atoms with Gasteiger partial charge in [0, 0.05) is 13.1 Å². The first-order valence-electron chi connectivity index (χ1n) is 11.9. The molecule has 8 heteroatoms. The van der Waals surface area contributed by atoms with Crippen molar-refractivity contribution in [3.63, 3.8) is 0 Å². The van der Waals surface area contributed by atoms with E-state index in [1.54, 1.807) is 24.3 Å². The second-order valence-corrected chi connectivity index (χ2v) is 9.47. The molecule has 3 amide bonds. The lowest BCUT2D eigenvalue weighted by atomic mass is 10.1. The molecule has 1 fully saturated rings. The lowest BCUT2D eigenvalue weighted by Gasteiger charge is -2.27. The van der Waals surface area contributed by atoms with Crippen molar-refractivity contribution in [2.45, 2.75) is 51.7 Å². The van der Waals surface area contributed by atoms with E-state index < -0.39 is 6.04 Å². The number of likely N-dealkylation sites (tertiary alicyclic amines) is 1. The van der Waals surface area contributed by atoms with Crippen LogP contribution in [0.4, 0.5) is 5.69 Å². The van der Waals surface area contributed by atoms with E-state index in [4.69, 9.17) is 4.98 Å². The third kappa shape index (κ3) is 4.04. The molecule has 0 aliphatic carbocycles. The number of benzene rings is 2. The third-order valence-corrected chi connectivity index (χ3v) is 6.53. The molecule has 34 heavy (non-hydrogen) atoms. The summed E-state index contributed by atoms with van der Waals surface area (Å²) in [6, 6.07) is 13.8. The van der Waals surface area contributed by atoms with Gasteiger partial charge in [0.25, 0.3) is 5.91 Å². The Labute approximate surface area is 198 Å². The first-order valence-corrected chi connectivity index (χ1v) is 11.9. The summed E-state index contributed by atoms with van der Waals surface area (Å²) in [6.07, 6.45) is 1.60. The van der Waals surface area contributed by atoms with Gasteiger partial charge in [-0.3, -0.25) is 14.4 Å². The van der Waals surface area contributed by atoms with Crippen LogP contribution in [-0.4, -0.2) is 44.8 Å². The standard InChI is InChI=1S/C26H29N5O3/c1-16(2)15-31-21-11-6-5-10-19(21)27-24(31)22-12-7-13-30(22)23(32)14-20-26(34)28-18-9-4-3-8-17(18)25(33)29-20/h3-6,8-11,16,20,22H,7,12-15H2,1-2H3,(H,28,34)(H,29,33)/t20-,22-/m0/s1. The van der Waals surface area contributed by atoms with Crippen molar-refractivity contribution >= 4 is 34.4 Å². The average molecular weight is 460 g/mol. The van der Waals surface area contributed by atoms with Crippen molar-refractivity contribution in [2.24, 2.45) is 5.92 Å². The largest absolute Gasteiger partial charge is 0.340 e. The molecule has 0 radical (unpaired) electrons. The van der Waals surface area contributed by atoms with E-state index in [0.29, 0.717) is 23.7 Å². The predicted molar refractivity (Wildman–Crippen MR) is 129 cm³/mol. The summed E-state index contributed by atoms with van der Waals surface area (Å²) in [6.45, 7) is 5.76. The number of aromatic nitrogens is 2. The van der Waals surface area contributed by atoms with Crippen LogP contribution in [0, 0.1) is 5.92 Å². The monoisotopic (exact) mass is 459 g/mol. The molecule has 5 rings (SSSR count). The van der Waals surface area contributed by atoms with Crippen LogP contribution in [-0.2, 0) is 16.1 Å². The van der Waals surface area contributed by atoms with Crippen LogP contribution in [0.2, 0.25) is 0 Å². The number of anilines is 1. The number of carbonyl (C=O) groups is 3. The highest BCUT2D eigenvalue weighted by molar-refractivity contribution is 6.10. The quantitative estimate of drug-likeness (QED) is 0.610. The Hall–Kier alpha value is -3.68. The van der Waals surface area contributed by atoms with Gasteiger partial charge in [0.15, 0.2) is 0 Å². The zero-order chi connectivity index (χ0) is 23.8. The molecule has 0 spiro atoms. The van der Waals surface area contributed by atoms with Gasteiger partial charge in [0.1, 0.15) is 11.9 Å². The number of amides is 3. The predicted octanol–water partition coefficient (Wildman–Crippen LogP) is 3.50. The number of nitrogens with zero attached hydrogens (tertiary/aromatic N) is 3. The summed E-state index contributed by atoms with van der Waals surface area (Å²) < 4.78 is 2.23. The van der Waals surface area contributed by atoms with Gasteiger partial charge in [-0.05, 0) is 43.0 Å². The van der Waals surface area contributed by atoms with Gasteiger partial charge in [-0.25, -0.2) is 4.98 Å². The second kappa shape index (κ2) is 8.93. The highest BCUT2D eigenvalue weighted by atomic mass is 16.2. The Kier molecular flexibility index (Phi) is 5.81. The number of hydrogen-bond acceptors (Lipinski definition) is 4. The van der Waals surface area contributed by atoms with Crippen molar-refractivity contribution in [3.05, 3.63) is 59.9 Å². The zero-order valence-electron chi connectivity index (χ0n) is 19.5. The molecule has 3 aromatic rings. The minimum absolute atomic E-state index is 0.0908. The average Bonchev–Trinajstić information content (AvgIpc) is 3.41. The molecule has 0 saturated carbocycles. The van der Waals surface area contributed by atoms with E-state index in [1.807, 2.05) is 23.1 Å². The van der Waals surface area contributed by atoms with Crippen molar-refractivity contribution < 1.29 is 14.4 Å². The Morgan fingerprint density at radius 3 is 2.71 bits per heavy atom. The molecule has 0 bridgehead atoms. The van der Waals surface area contributed by atoms with Crippen LogP contribution in [0.3, 0.4) is 0 Å². The fraction of sp³-hybridized carbons (Fsp3) is 0.385. The normalized spacial score (nSPS) is 20.3. The van der Waals surface area contributed by atoms with Gasteiger partial charge < -0.3 is 20.1 Å². The molecule has 0 unspecified atom stereocenters. The molecule has 2 atom stereocenters. The zero-order valence-corrected chi connectivity index (χ0v) is 19.5. The number of fused-ring (bicyclic) bond motifs is 2. The van der Waals surface area contributed by atoms with E-state index in [2.05, 4.69) is 35.1 Å². The lowest BCUT2D eigenvalue weighted by Crippen LogP contribution is -2.45. The van der Waals surface area contributed by atoms with E-state index >= 15 is 0 Å². The third-order valence-electron chi connectivity index (χ3n) is 6.53. The molecule has 176 valence electrons. The summed E-state index contributed by atoms with van der Waals surface area (Å²) in [5, 5.41) is 5.51. The van der Waals surface area contributed by atoms with Gasteiger partial charge in [0.05, 0.1) is 34.7 Å². The minimum Gasteiger partial charge on any atom is -0.340 e. The molecule has 1 aromatic heterocycles. The fourth-order valence-corrected chi connectivity index (χ4v) is 4.99. The lowest BCUT2D eigenvalue weighted by molar-refractivity contribution is -0.134. The topological polar surface area (TPSA) is 96.3 Å². The van der Waals surface area contributed by atoms with E-state index in [9.17, 15) is 14.4 Å². The summed E-state index contributed by atoms with van der Waals surface area (Å²) in [5.41, 5.74) is 2.85. The van der Waals surface area contributed by atoms with Crippen molar-refractivity contribution in [3.8, 4) is 0 Å². The van der Waals surface area contributed by atoms with Gasteiger partial charge in [-0.15, -0.1) is 0 Å². The Bertz CT molecular complexity index is 1260. The van der Waals surface area contributed by atoms with Gasteiger partial charge in [-0.2, -0.15) is 0 Å². The minimum atomic E-state index is -0.928. The van der Waals surface area contributed by atoms with Crippen LogP contribution in [0.5, 0.6) is 0 Å². The van der Waals surface area contributed by atoms with Gasteiger partial charge in [-0.1, -0.05) is 38.1 Å². The van der Waals surface area contributed by atoms with E-state index in [-0.39, 0.29) is 30.2 Å². The molecule has 3 heterocycles. The Balaban J connectivity index is 1.39. The maximum atomic E-state index is 13.4. The van der Waals surface area contributed by atoms with Gasteiger partial charge >= 0.3 is 0 Å². The maximum absolute atomic E-state index is 13.4. The number of hydrogen-bond donors (Lipinski definition) is 2. The first-order chi connectivity index (χ1) is 16.4. The van der Waals surface area contributed by atoms with Crippen LogP contribution in [0.15, 0.2) is 48.5 Å². The maximum Gasteiger partial charge on any atom is 0.254 e. The smallest absolute Gasteiger partial charge is 0.254 e. The number of imidazole rings is 1. The molecule has 1 saturated heterocycles. The number of para-hydroxylation sites is 3. The van der Waals surface area contributed by atoms with Gasteiger partial charge in [0.2, 0.25) is 11.8 Å². The molecule has 2 aliphatic rings. The number of nitrogens with one attached hydrogen (secondary N) is 2. The number of rotatable bonds is 5. The molecular formula is C26H29N5O3. The molecule has 2 aliphatic heterocycles. The van der Waals surface area contributed by atoms with Crippen molar-refractivity contribution in [1.82, 2.24) is 19.8 Å². The van der Waals surface area contributed by atoms with E-state index in [1.165, 1.54) is 0 Å². The highest BCUT2D eigenvalue weighted by Crippen LogP contribution is 2.34. The van der Waals surface area contributed by atoms with Crippen molar-refractivity contribution in [2.75, 3.05) is 11.9 Å². The SMILES string of the molecule is CC(C)Cn1c([C@@H]2CCCN2C(=O)C[C@@H]2NC(=O)c3ccccc3NC2=O)nc2ccccc21. The van der Waals surface area contributed by atoms with E-state index in [0.717, 1.165) is 36.2 Å². The van der Waals surface area contributed by atoms with Crippen LogP contribution in [0.25, 0.3) is 11.0 Å². The first kappa shape index (κ1) is 22.1. The second-order valence-electron chi connectivity index (χ2n) is 9.47. The summed E-state index contributed by atoms with van der Waals surface area (Å²) >= 11 is 0.